The quantitative estimate of drug-likeness (QED) is 0.541. The Morgan fingerprint density at radius 3 is 2.56 bits per heavy atom. The second-order valence-corrected chi connectivity index (χ2v) is 2.04. The molecule has 0 N–H and O–H groups in total. The van der Waals surface area contributed by atoms with Crippen LogP contribution in [0.25, 0.3) is 0 Å². The van der Waals surface area contributed by atoms with E-state index in [4.69, 9.17) is 0 Å². The van der Waals surface area contributed by atoms with Gasteiger partial charge in [-0.25, -0.2) is 0 Å². The maximum atomic E-state index is 2.15. The molecule has 0 spiro atoms. The van der Waals surface area contributed by atoms with Gasteiger partial charge in [-0.2, -0.15) is 0 Å². The molecular weight excluding hydrogens is 108 g/mol. The van der Waals surface area contributed by atoms with Crippen LogP contribution in [-0.2, 0) is 0 Å². The van der Waals surface area contributed by atoms with E-state index in [1.54, 1.807) is 0 Å². The predicted octanol–water partition coefficient (Wildman–Crippen LogP) is 3.12. The van der Waals surface area contributed by atoms with E-state index in [0.717, 1.165) is 6.42 Å². The van der Waals surface area contributed by atoms with Crippen LogP contribution in [0.3, 0.4) is 0 Å². The normalized spacial score (nSPS) is 13.0. The Morgan fingerprint density at radius 1 is 1.44 bits per heavy atom. The van der Waals surface area contributed by atoms with Gasteiger partial charge >= 0.3 is 0 Å². The van der Waals surface area contributed by atoms with Crippen LogP contribution in [0.1, 0.15) is 27.2 Å². The Hall–Kier alpha value is -0.520. The Kier molecular flexibility index (Phi) is 5.29. The molecule has 0 aromatic heterocycles. The zero-order valence-corrected chi connectivity index (χ0v) is 6.52. The van der Waals surface area contributed by atoms with E-state index in [0.29, 0.717) is 0 Å². The molecule has 51 valence electrons. The van der Waals surface area contributed by atoms with Gasteiger partial charge < -0.3 is 0 Å². The summed E-state index contributed by atoms with van der Waals surface area (Å²) in [7, 11) is 0. The van der Waals surface area contributed by atoms with E-state index in [1.165, 1.54) is 5.57 Å². The van der Waals surface area contributed by atoms with Gasteiger partial charge in [0.2, 0.25) is 0 Å². The standard InChI is InChI=1S/C9H15/c1-4-6-7-8-9(3)5-2/h5-8H,4H2,1-3H3. The minimum Gasteiger partial charge on any atom is -0.0882 e. The van der Waals surface area contributed by atoms with Gasteiger partial charge in [-0.1, -0.05) is 30.7 Å². The molecule has 9 heavy (non-hydrogen) atoms. The zero-order chi connectivity index (χ0) is 7.11. The first kappa shape index (κ1) is 8.48. The molecule has 0 amide bonds. The molecule has 0 bridgehead atoms. The second kappa shape index (κ2) is 5.61. The summed E-state index contributed by atoms with van der Waals surface area (Å²) in [4.78, 5) is 0. The monoisotopic (exact) mass is 123 g/mol. The van der Waals surface area contributed by atoms with E-state index >= 15 is 0 Å². The highest BCUT2D eigenvalue weighted by Crippen LogP contribution is 1.98. The zero-order valence-electron chi connectivity index (χ0n) is 6.52. The van der Waals surface area contributed by atoms with Crippen LogP contribution >= 0.6 is 0 Å². The lowest BCUT2D eigenvalue weighted by atomic mass is 10.2. The van der Waals surface area contributed by atoms with Gasteiger partial charge in [-0.3, -0.25) is 0 Å². The summed E-state index contributed by atoms with van der Waals surface area (Å²) in [6.07, 6.45) is 9.57. The molecule has 1 radical (unpaired) electrons. The Morgan fingerprint density at radius 2 is 2.11 bits per heavy atom. The molecule has 0 nitrogen and oxygen atoms in total. The first-order chi connectivity index (χ1) is 4.31. The largest absolute Gasteiger partial charge is 0.0882 e. The van der Waals surface area contributed by atoms with Crippen molar-refractivity contribution in [2.75, 3.05) is 0 Å². The third-order valence-electron chi connectivity index (χ3n) is 1.19. The first-order valence-corrected chi connectivity index (χ1v) is 3.44. The highest BCUT2D eigenvalue weighted by atomic mass is 13.9. The first-order valence-electron chi connectivity index (χ1n) is 3.44. The van der Waals surface area contributed by atoms with E-state index in [2.05, 4.69) is 38.5 Å². The fourth-order valence-electron chi connectivity index (χ4n) is 0.452. The lowest BCUT2D eigenvalue weighted by Crippen LogP contribution is -1.70. The van der Waals surface area contributed by atoms with Crippen molar-refractivity contribution in [3.05, 3.63) is 30.2 Å². The molecule has 0 atom stereocenters. The van der Waals surface area contributed by atoms with Crippen LogP contribution in [0.2, 0.25) is 0 Å². The number of hydrogen-bond donors (Lipinski definition) is 0. The molecule has 0 rings (SSSR count). The summed E-state index contributed by atoms with van der Waals surface area (Å²) in [5, 5.41) is 0. The van der Waals surface area contributed by atoms with E-state index < -0.39 is 0 Å². The third kappa shape index (κ3) is 5.35. The van der Waals surface area contributed by atoms with Crippen molar-refractivity contribution in [2.45, 2.75) is 27.2 Å². The molecule has 0 saturated carbocycles. The Balaban J connectivity index is 3.38. The maximum Gasteiger partial charge on any atom is 0.00740 e. The van der Waals surface area contributed by atoms with Gasteiger partial charge in [0, 0.05) is 6.42 Å². The van der Waals surface area contributed by atoms with E-state index in [9.17, 15) is 0 Å². The topological polar surface area (TPSA) is 0 Å². The SMILES string of the molecule is CC=C(C)[CH]C=CCC. The molecule has 0 heteroatoms. The van der Waals surface area contributed by atoms with Crippen molar-refractivity contribution in [3.63, 3.8) is 0 Å². The molecule has 0 aliphatic heterocycles. The number of allylic oxidation sites excluding steroid dienone is 4. The smallest absolute Gasteiger partial charge is 0.00740 e. The summed E-state index contributed by atoms with van der Waals surface area (Å²) < 4.78 is 0. The molecule has 0 aromatic carbocycles. The third-order valence-corrected chi connectivity index (χ3v) is 1.19. The summed E-state index contributed by atoms with van der Waals surface area (Å²) in [6.45, 7) is 6.28. The molecule has 0 heterocycles. The molecular formula is C9H15. The number of hydrogen-bond acceptors (Lipinski definition) is 0. The molecule has 0 aliphatic rings. The van der Waals surface area contributed by atoms with Gasteiger partial charge in [-0.05, 0) is 20.3 Å². The highest BCUT2D eigenvalue weighted by Gasteiger charge is 1.79. The number of rotatable bonds is 3. The van der Waals surface area contributed by atoms with Crippen molar-refractivity contribution in [3.8, 4) is 0 Å². The van der Waals surface area contributed by atoms with E-state index in [1.807, 2.05) is 6.92 Å². The van der Waals surface area contributed by atoms with Crippen molar-refractivity contribution in [1.82, 2.24) is 0 Å². The summed E-state index contributed by atoms with van der Waals surface area (Å²) in [6, 6.07) is 0. The average Bonchev–Trinajstić information content (AvgIpc) is 1.89. The maximum absolute atomic E-state index is 2.15. The molecule has 0 aliphatic carbocycles. The molecule has 0 aromatic rings. The lowest BCUT2D eigenvalue weighted by Gasteiger charge is -1.89. The molecule has 0 fully saturated rings. The van der Waals surface area contributed by atoms with Crippen molar-refractivity contribution < 1.29 is 0 Å². The van der Waals surface area contributed by atoms with Crippen LogP contribution < -0.4 is 0 Å². The highest BCUT2D eigenvalue weighted by molar-refractivity contribution is 5.17. The minimum atomic E-state index is 1.12. The van der Waals surface area contributed by atoms with Crippen LogP contribution in [0, 0.1) is 6.42 Å². The summed E-state index contributed by atoms with van der Waals surface area (Å²) >= 11 is 0. The fourth-order valence-corrected chi connectivity index (χ4v) is 0.452. The van der Waals surface area contributed by atoms with Crippen molar-refractivity contribution >= 4 is 0 Å². The van der Waals surface area contributed by atoms with Crippen molar-refractivity contribution in [2.24, 2.45) is 0 Å². The van der Waals surface area contributed by atoms with Crippen molar-refractivity contribution in [1.29, 1.82) is 0 Å². The van der Waals surface area contributed by atoms with Gasteiger partial charge in [0.05, 0.1) is 0 Å². The average molecular weight is 123 g/mol. The second-order valence-electron chi connectivity index (χ2n) is 2.04. The Labute approximate surface area is 58.3 Å². The van der Waals surface area contributed by atoms with Gasteiger partial charge in [0.15, 0.2) is 0 Å². The fraction of sp³-hybridized carbons (Fsp3) is 0.444. The van der Waals surface area contributed by atoms with Crippen LogP contribution in [0.15, 0.2) is 23.8 Å². The minimum absolute atomic E-state index is 1.12. The summed E-state index contributed by atoms with van der Waals surface area (Å²) in [5.74, 6) is 0. The van der Waals surface area contributed by atoms with E-state index in [-0.39, 0.29) is 0 Å². The van der Waals surface area contributed by atoms with Crippen LogP contribution in [0.5, 0.6) is 0 Å². The van der Waals surface area contributed by atoms with Gasteiger partial charge in [0.1, 0.15) is 0 Å². The lowest BCUT2D eigenvalue weighted by molar-refractivity contribution is 1.22. The Bertz CT molecular complexity index is 107. The molecule has 0 unspecified atom stereocenters. The van der Waals surface area contributed by atoms with Crippen LogP contribution in [0.4, 0.5) is 0 Å². The van der Waals surface area contributed by atoms with Gasteiger partial charge in [0.25, 0.3) is 0 Å². The molecule has 0 saturated heterocycles. The summed E-state index contributed by atoms with van der Waals surface area (Å²) in [5.41, 5.74) is 1.32. The predicted molar refractivity (Wildman–Crippen MR) is 43.2 cm³/mol. The van der Waals surface area contributed by atoms with Gasteiger partial charge in [-0.15, -0.1) is 0 Å². The van der Waals surface area contributed by atoms with Crippen LogP contribution in [-0.4, -0.2) is 0 Å².